The van der Waals surface area contributed by atoms with Crippen LogP contribution in [0.3, 0.4) is 0 Å². The lowest BCUT2D eigenvalue weighted by molar-refractivity contribution is -0.387. The van der Waals surface area contributed by atoms with Gasteiger partial charge in [0.2, 0.25) is 5.91 Å². The van der Waals surface area contributed by atoms with Crippen LogP contribution < -0.4 is 14.8 Å². The molecule has 314 valence electrons. The first-order valence-electron chi connectivity index (χ1n) is 18.5. The zero-order valence-electron chi connectivity index (χ0n) is 32.5. The van der Waals surface area contributed by atoms with Gasteiger partial charge in [-0.15, -0.1) is 0 Å². The van der Waals surface area contributed by atoms with Crippen LogP contribution in [-0.2, 0) is 50.5 Å². The molecule has 61 heavy (non-hydrogen) atoms. The molecule has 0 radical (unpaired) electrons. The standard InChI is InChI=1S/C23H22N2O5S.C21H18N2O6S/c1-16(26)24-20-10-12-22(13-11-20)31(29,30)25-21-7-3-5-18(15-21)9-8-17-4-2-6-19(14-17)23(27)28;24-21(25)17-7-3-5-15(13-17)11-12-16-6-4-8-18(14-16)22-30(28,29)20-10-2-1-9-19(20)23(26)27/h2-7,10-15,25H,8-9H2,1H3,(H,24,26)(H,27,28);1-10,13-14,22H,11-12H2,(H,24,25). The van der Waals surface area contributed by atoms with Gasteiger partial charge >= 0.3 is 11.9 Å². The van der Waals surface area contributed by atoms with E-state index in [1.807, 2.05) is 24.3 Å². The summed E-state index contributed by atoms with van der Waals surface area (Å²) in [6.07, 6.45) is 2.39. The van der Waals surface area contributed by atoms with Gasteiger partial charge in [-0.05, 0) is 127 Å². The monoisotopic (exact) mass is 864 g/mol. The molecule has 0 aliphatic rings. The van der Waals surface area contributed by atoms with Crippen molar-refractivity contribution in [3.8, 4) is 0 Å². The van der Waals surface area contributed by atoms with Gasteiger partial charge < -0.3 is 15.5 Å². The summed E-state index contributed by atoms with van der Waals surface area (Å²) in [6.45, 7) is 1.38. The number of aryl methyl sites for hydroxylation is 4. The van der Waals surface area contributed by atoms with Crippen molar-refractivity contribution in [1.29, 1.82) is 0 Å². The second-order valence-corrected chi connectivity index (χ2v) is 16.9. The molecule has 15 nitrogen and oxygen atoms in total. The van der Waals surface area contributed by atoms with E-state index in [4.69, 9.17) is 10.2 Å². The summed E-state index contributed by atoms with van der Waals surface area (Å²) in [6, 6.07) is 38.2. The predicted molar refractivity (Wildman–Crippen MR) is 230 cm³/mol. The second-order valence-electron chi connectivity index (χ2n) is 13.6. The van der Waals surface area contributed by atoms with Crippen molar-refractivity contribution < 1.29 is 46.4 Å². The molecule has 6 rings (SSSR count). The zero-order valence-corrected chi connectivity index (χ0v) is 34.2. The van der Waals surface area contributed by atoms with E-state index in [2.05, 4.69) is 14.8 Å². The number of carbonyl (C=O) groups is 3. The topological polar surface area (TPSA) is 239 Å². The minimum Gasteiger partial charge on any atom is -0.478 e. The van der Waals surface area contributed by atoms with E-state index in [-0.39, 0.29) is 27.6 Å². The number of nitro groups is 1. The molecule has 6 aromatic rings. The first kappa shape index (κ1) is 44.7. The fourth-order valence-electron chi connectivity index (χ4n) is 6.06. The van der Waals surface area contributed by atoms with E-state index in [1.54, 1.807) is 66.7 Å². The van der Waals surface area contributed by atoms with Crippen LogP contribution in [0.1, 0.15) is 49.9 Å². The number of aromatic carboxylic acids is 2. The van der Waals surface area contributed by atoms with E-state index >= 15 is 0 Å². The van der Waals surface area contributed by atoms with E-state index in [0.717, 1.165) is 28.3 Å². The first-order chi connectivity index (χ1) is 29.0. The first-order valence-corrected chi connectivity index (χ1v) is 21.4. The maximum absolute atomic E-state index is 12.7. The van der Waals surface area contributed by atoms with Gasteiger partial charge in [-0.1, -0.05) is 60.7 Å². The third-order valence-electron chi connectivity index (χ3n) is 8.95. The number of nitrogens with one attached hydrogen (secondary N) is 3. The maximum atomic E-state index is 12.7. The van der Waals surface area contributed by atoms with Gasteiger partial charge in [0, 0.05) is 30.1 Å². The molecule has 17 heteroatoms. The average Bonchev–Trinajstić information content (AvgIpc) is 3.22. The number of amides is 1. The van der Waals surface area contributed by atoms with Crippen LogP contribution in [-0.4, -0.2) is 49.8 Å². The molecule has 0 aliphatic carbocycles. The van der Waals surface area contributed by atoms with Gasteiger partial charge in [-0.3, -0.25) is 24.4 Å². The van der Waals surface area contributed by atoms with Crippen LogP contribution in [0.15, 0.2) is 155 Å². The minimum atomic E-state index is -4.14. The fraction of sp³-hybridized carbons (Fsp3) is 0.114. The number of anilines is 3. The van der Waals surface area contributed by atoms with Crippen LogP contribution in [0.4, 0.5) is 22.7 Å². The number of carboxylic acids is 2. The Balaban J connectivity index is 0.000000231. The summed E-state index contributed by atoms with van der Waals surface area (Å²) in [5, 5.41) is 31.9. The van der Waals surface area contributed by atoms with Gasteiger partial charge in [0.1, 0.15) is 0 Å². The largest absolute Gasteiger partial charge is 0.478 e. The number of nitro benzene ring substituents is 1. The normalized spacial score (nSPS) is 11.0. The van der Waals surface area contributed by atoms with Crippen LogP contribution in [0.25, 0.3) is 0 Å². The molecule has 0 unspecified atom stereocenters. The van der Waals surface area contributed by atoms with Crippen molar-refractivity contribution in [3.05, 3.63) is 189 Å². The number of benzene rings is 6. The van der Waals surface area contributed by atoms with Crippen LogP contribution >= 0.6 is 0 Å². The Hall–Kier alpha value is -7.37. The summed E-state index contributed by atoms with van der Waals surface area (Å²) in [4.78, 5) is 43.3. The van der Waals surface area contributed by atoms with E-state index in [0.29, 0.717) is 37.1 Å². The number of hydrogen-bond donors (Lipinski definition) is 5. The quantitative estimate of drug-likeness (QED) is 0.0464. The summed E-state index contributed by atoms with van der Waals surface area (Å²) in [7, 11) is -7.93. The summed E-state index contributed by atoms with van der Waals surface area (Å²) >= 11 is 0. The van der Waals surface area contributed by atoms with Crippen molar-refractivity contribution in [2.75, 3.05) is 14.8 Å². The molecule has 6 aromatic carbocycles. The van der Waals surface area contributed by atoms with Gasteiger partial charge in [0.25, 0.3) is 25.7 Å². The number of nitrogens with zero attached hydrogens (tertiary/aromatic N) is 1. The lowest BCUT2D eigenvalue weighted by Crippen LogP contribution is -2.14. The lowest BCUT2D eigenvalue weighted by atomic mass is 10.0. The number of carbonyl (C=O) groups excluding carboxylic acids is 1. The number of rotatable bonds is 16. The molecule has 5 N–H and O–H groups in total. The molecule has 0 saturated heterocycles. The number of para-hydroxylation sites is 1. The molecule has 0 aromatic heterocycles. The average molecular weight is 865 g/mol. The number of carboxylic acid groups (broad SMARTS) is 2. The Morgan fingerprint density at radius 3 is 1.41 bits per heavy atom. The van der Waals surface area contributed by atoms with Crippen molar-refractivity contribution in [1.82, 2.24) is 0 Å². The van der Waals surface area contributed by atoms with Gasteiger partial charge in [0.05, 0.1) is 20.9 Å². The molecule has 1 amide bonds. The lowest BCUT2D eigenvalue weighted by Gasteiger charge is -2.11. The van der Waals surface area contributed by atoms with Crippen LogP contribution in [0, 0.1) is 10.1 Å². The van der Waals surface area contributed by atoms with Gasteiger partial charge in [-0.25, -0.2) is 26.4 Å². The third-order valence-corrected chi connectivity index (χ3v) is 11.8. The molecule has 0 bridgehead atoms. The summed E-state index contributed by atoms with van der Waals surface area (Å²) in [5.74, 6) is -2.20. The Morgan fingerprint density at radius 2 is 0.967 bits per heavy atom. The molecule has 0 fully saturated rings. The Labute approximate surface area is 352 Å². The molecular formula is C44H40N4O11S2. The van der Waals surface area contributed by atoms with Crippen LogP contribution in [0.5, 0.6) is 0 Å². The molecule has 0 aliphatic heterocycles. The van der Waals surface area contributed by atoms with Crippen molar-refractivity contribution in [2.45, 2.75) is 42.4 Å². The maximum Gasteiger partial charge on any atom is 0.335 e. The third kappa shape index (κ3) is 13.1. The highest BCUT2D eigenvalue weighted by Crippen LogP contribution is 2.26. The SMILES string of the molecule is CC(=O)Nc1ccc(S(=O)(=O)Nc2cccc(CCc3cccc(C(=O)O)c3)c2)cc1.O=C(O)c1cccc(CCc2cccc(NS(=O)(=O)c3ccccc3[N+](=O)[O-])c2)c1. The highest BCUT2D eigenvalue weighted by molar-refractivity contribution is 7.93. The minimum absolute atomic E-state index is 0.0810. The van der Waals surface area contributed by atoms with Crippen molar-refractivity contribution in [3.63, 3.8) is 0 Å². The molecule has 0 spiro atoms. The smallest absolute Gasteiger partial charge is 0.335 e. The predicted octanol–water partition coefficient (Wildman–Crippen LogP) is 7.81. The van der Waals surface area contributed by atoms with Gasteiger partial charge in [0.15, 0.2) is 4.90 Å². The van der Waals surface area contributed by atoms with Crippen molar-refractivity contribution in [2.24, 2.45) is 0 Å². The summed E-state index contributed by atoms with van der Waals surface area (Å²) in [5.41, 5.74) is 4.67. The van der Waals surface area contributed by atoms with E-state index in [1.165, 1.54) is 55.5 Å². The molecule has 0 atom stereocenters. The molecular weight excluding hydrogens is 825 g/mol. The van der Waals surface area contributed by atoms with Crippen molar-refractivity contribution >= 4 is 60.6 Å². The zero-order chi connectivity index (χ0) is 44.2. The molecule has 0 heterocycles. The molecule has 0 saturated carbocycles. The Kier molecular flexibility index (Phi) is 14.7. The van der Waals surface area contributed by atoms with E-state index in [9.17, 15) is 41.3 Å². The highest BCUT2D eigenvalue weighted by atomic mass is 32.2. The van der Waals surface area contributed by atoms with Crippen LogP contribution in [0.2, 0.25) is 0 Å². The van der Waals surface area contributed by atoms with E-state index < -0.39 is 47.5 Å². The Morgan fingerprint density at radius 1 is 0.541 bits per heavy atom. The fourth-order valence-corrected chi connectivity index (χ4v) is 8.33. The number of sulfonamides is 2. The second kappa shape index (κ2) is 20.1. The number of hydrogen-bond acceptors (Lipinski definition) is 9. The highest BCUT2D eigenvalue weighted by Gasteiger charge is 2.25. The van der Waals surface area contributed by atoms with Gasteiger partial charge in [-0.2, -0.15) is 0 Å². The summed E-state index contributed by atoms with van der Waals surface area (Å²) < 4.78 is 55.6. The Bertz CT molecular complexity index is 2800.